The van der Waals surface area contributed by atoms with Gasteiger partial charge < -0.3 is 20.9 Å². The van der Waals surface area contributed by atoms with Gasteiger partial charge in [0.15, 0.2) is 0 Å². The van der Waals surface area contributed by atoms with Crippen LogP contribution in [0, 0.1) is 25.7 Å². The van der Waals surface area contributed by atoms with Crippen LogP contribution in [0.4, 0.5) is 11.4 Å². The molecule has 3 aliphatic rings. The third-order valence-corrected chi connectivity index (χ3v) is 12.3. The Morgan fingerprint density at radius 3 is 1.73 bits per heavy atom. The second-order valence-corrected chi connectivity index (χ2v) is 15.2. The number of rotatable bonds is 12. The summed E-state index contributed by atoms with van der Waals surface area (Å²) >= 11 is 0. The summed E-state index contributed by atoms with van der Waals surface area (Å²) < 4.78 is 13.2. The zero-order chi connectivity index (χ0) is 33.5. The largest absolute Gasteiger partial charge is 0.457 e. The average Bonchev–Trinajstić information content (AvgIpc) is 3.79. The van der Waals surface area contributed by atoms with E-state index in [1.54, 1.807) is 11.1 Å². The normalized spacial score (nSPS) is 24.2. The van der Waals surface area contributed by atoms with Crippen LogP contribution >= 0.6 is 0 Å². The predicted octanol–water partition coefficient (Wildman–Crippen LogP) is 11.5. The van der Waals surface area contributed by atoms with Gasteiger partial charge in [0.25, 0.3) is 0 Å². The molecule has 0 aromatic heterocycles. The minimum absolute atomic E-state index is 0.135. The highest BCUT2D eigenvalue weighted by Gasteiger charge is 2.69. The molecule has 0 spiro atoms. The van der Waals surface area contributed by atoms with E-state index in [2.05, 4.69) is 52.0 Å². The summed E-state index contributed by atoms with van der Waals surface area (Å²) in [6, 6.07) is 25.5. The quantitative estimate of drug-likeness (QED) is 0.151. The number of anilines is 2. The molecule has 0 amide bonds. The molecule has 4 aromatic carbocycles. The Hall–Kier alpha value is -3.92. The van der Waals surface area contributed by atoms with Gasteiger partial charge >= 0.3 is 0 Å². The van der Waals surface area contributed by atoms with Crippen LogP contribution in [0.5, 0.6) is 23.0 Å². The third-order valence-electron chi connectivity index (χ3n) is 12.3. The van der Waals surface area contributed by atoms with Crippen molar-refractivity contribution in [3.8, 4) is 23.0 Å². The maximum Gasteiger partial charge on any atom is 0.130 e. The molecule has 0 radical (unpaired) electrons. The standard InChI is InChI=1S/C44H54N2O2/c1-5-7-10-31-26-39(29(3)24-41(31)47-36-17-13-34(45)14-18-36)43-23-21-33(28-43)38-12-9-22-44(38,43)40-27-32(11-8-6-2)42(25-30(40)4)48-37-19-15-35(46)16-20-37/h13-20,24-27,33,38H,5-12,21-23,28,45-46H2,1-4H3. The van der Waals surface area contributed by atoms with Crippen LogP contribution in [-0.2, 0) is 23.7 Å². The van der Waals surface area contributed by atoms with Crippen molar-refractivity contribution in [2.45, 2.75) is 116 Å². The van der Waals surface area contributed by atoms with E-state index in [0.29, 0.717) is 0 Å². The van der Waals surface area contributed by atoms with E-state index in [1.165, 1.54) is 60.8 Å². The maximum absolute atomic E-state index is 6.61. The van der Waals surface area contributed by atoms with Crippen molar-refractivity contribution >= 4 is 11.4 Å². The molecule has 3 saturated carbocycles. The Bertz CT molecular complexity index is 1760. The van der Waals surface area contributed by atoms with Crippen LogP contribution in [0.3, 0.4) is 0 Å². The molecule has 0 saturated heterocycles. The van der Waals surface area contributed by atoms with E-state index in [0.717, 1.165) is 84.7 Å². The molecule has 48 heavy (non-hydrogen) atoms. The molecule has 4 unspecified atom stereocenters. The second-order valence-electron chi connectivity index (χ2n) is 15.2. The average molecular weight is 643 g/mol. The van der Waals surface area contributed by atoms with E-state index in [-0.39, 0.29) is 10.8 Å². The van der Waals surface area contributed by atoms with Gasteiger partial charge in [-0.05, 0) is 178 Å². The molecule has 2 bridgehead atoms. The Labute approximate surface area is 288 Å². The lowest BCUT2D eigenvalue weighted by atomic mass is 9.52. The topological polar surface area (TPSA) is 70.5 Å². The fraction of sp³-hybridized carbons (Fsp3) is 0.455. The Morgan fingerprint density at radius 1 is 0.667 bits per heavy atom. The van der Waals surface area contributed by atoms with Gasteiger partial charge in [0.1, 0.15) is 23.0 Å². The molecule has 0 heterocycles. The van der Waals surface area contributed by atoms with E-state index in [9.17, 15) is 0 Å². The van der Waals surface area contributed by atoms with Gasteiger partial charge in [-0.3, -0.25) is 0 Å². The molecular formula is C44H54N2O2. The summed E-state index contributed by atoms with van der Waals surface area (Å²) in [4.78, 5) is 0. The van der Waals surface area contributed by atoms with Crippen LogP contribution in [0.15, 0.2) is 72.8 Å². The van der Waals surface area contributed by atoms with Gasteiger partial charge in [0.05, 0.1) is 0 Å². The van der Waals surface area contributed by atoms with Crippen LogP contribution < -0.4 is 20.9 Å². The first-order chi connectivity index (χ1) is 23.3. The highest BCUT2D eigenvalue weighted by Crippen LogP contribution is 2.74. The SMILES string of the molecule is CCCCc1cc(C23CCC(C2)C2CCCC23c2cc(CCCC)c(Oc3ccc(N)cc3)cc2C)c(C)cc1Oc1ccc(N)cc1. The van der Waals surface area contributed by atoms with Gasteiger partial charge in [-0.25, -0.2) is 0 Å². The number of hydrogen-bond acceptors (Lipinski definition) is 4. The Kier molecular flexibility index (Phi) is 8.96. The van der Waals surface area contributed by atoms with Crippen molar-refractivity contribution in [2.24, 2.45) is 11.8 Å². The lowest BCUT2D eigenvalue weighted by molar-refractivity contribution is 0.169. The minimum atomic E-state index is 0.135. The molecule has 0 aliphatic heterocycles. The van der Waals surface area contributed by atoms with E-state index in [1.807, 2.05) is 48.5 Å². The molecule has 252 valence electrons. The van der Waals surface area contributed by atoms with Crippen molar-refractivity contribution in [1.29, 1.82) is 0 Å². The summed E-state index contributed by atoms with van der Waals surface area (Å²) in [7, 11) is 0. The fourth-order valence-electron chi connectivity index (χ4n) is 10.3. The number of fused-ring (bicyclic) bond motifs is 5. The van der Waals surface area contributed by atoms with Crippen LogP contribution in [0.25, 0.3) is 0 Å². The number of aryl methyl sites for hydroxylation is 4. The van der Waals surface area contributed by atoms with E-state index >= 15 is 0 Å². The zero-order valence-corrected chi connectivity index (χ0v) is 29.5. The first kappa shape index (κ1) is 32.6. The molecule has 4 heteroatoms. The summed E-state index contributed by atoms with van der Waals surface area (Å²) in [5.74, 6) is 5.22. The van der Waals surface area contributed by atoms with Gasteiger partial charge in [-0.1, -0.05) is 45.2 Å². The first-order valence-corrected chi connectivity index (χ1v) is 18.6. The summed E-state index contributed by atoms with van der Waals surface area (Å²) in [5.41, 5.74) is 22.4. The summed E-state index contributed by atoms with van der Waals surface area (Å²) in [6.45, 7) is 9.26. The highest BCUT2D eigenvalue weighted by molar-refractivity contribution is 5.57. The van der Waals surface area contributed by atoms with Crippen LogP contribution in [0.1, 0.15) is 111 Å². The highest BCUT2D eigenvalue weighted by atomic mass is 16.5. The number of hydrogen-bond donors (Lipinski definition) is 2. The molecule has 4 nitrogen and oxygen atoms in total. The van der Waals surface area contributed by atoms with E-state index in [4.69, 9.17) is 20.9 Å². The number of benzene rings is 4. The van der Waals surface area contributed by atoms with Crippen LogP contribution in [-0.4, -0.2) is 0 Å². The minimum Gasteiger partial charge on any atom is -0.457 e. The molecule has 4 N–H and O–H groups in total. The Morgan fingerprint density at radius 2 is 1.19 bits per heavy atom. The lowest BCUT2D eigenvalue weighted by Crippen LogP contribution is -2.48. The Balaban J connectivity index is 1.35. The second kappa shape index (κ2) is 13.2. The van der Waals surface area contributed by atoms with Gasteiger partial charge in [0.2, 0.25) is 0 Å². The van der Waals surface area contributed by atoms with Crippen molar-refractivity contribution in [3.05, 3.63) is 106 Å². The van der Waals surface area contributed by atoms with Crippen molar-refractivity contribution in [3.63, 3.8) is 0 Å². The smallest absolute Gasteiger partial charge is 0.130 e. The molecular weight excluding hydrogens is 588 g/mol. The van der Waals surface area contributed by atoms with Crippen molar-refractivity contribution < 1.29 is 9.47 Å². The van der Waals surface area contributed by atoms with E-state index < -0.39 is 0 Å². The number of ether oxygens (including phenoxy) is 2. The third kappa shape index (κ3) is 5.55. The van der Waals surface area contributed by atoms with Crippen LogP contribution in [0.2, 0.25) is 0 Å². The zero-order valence-electron chi connectivity index (χ0n) is 29.5. The van der Waals surface area contributed by atoms with Crippen molar-refractivity contribution in [2.75, 3.05) is 11.5 Å². The maximum atomic E-state index is 6.61. The summed E-state index contributed by atoms with van der Waals surface area (Å²) in [5, 5.41) is 0. The van der Waals surface area contributed by atoms with Gasteiger partial charge in [-0.2, -0.15) is 0 Å². The fourth-order valence-corrected chi connectivity index (χ4v) is 10.3. The predicted molar refractivity (Wildman–Crippen MR) is 199 cm³/mol. The van der Waals surface area contributed by atoms with Crippen molar-refractivity contribution in [1.82, 2.24) is 0 Å². The summed E-state index contributed by atoms with van der Waals surface area (Å²) in [6.07, 6.45) is 14.5. The monoisotopic (exact) mass is 642 g/mol. The molecule has 7 rings (SSSR count). The first-order valence-electron chi connectivity index (χ1n) is 18.6. The number of nitrogen functional groups attached to an aromatic ring is 2. The van der Waals surface area contributed by atoms with Gasteiger partial charge in [-0.15, -0.1) is 0 Å². The molecule has 4 aromatic rings. The number of nitrogens with two attached hydrogens (primary N) is 2. The lowest BCUT2D eigenvalue weighted by Gasteiger charge is -2.51. The molecule has 3 aliphatic carbocycles. The van der Waals surface area contributed by atoms with Gasteiger partial charge in [0, 0.05) is 22.2 Å². The molecule has 3 fully saturated rings. The molecule has 4 atom stereocenters. The number of unbranched alkanes of at least 4 members (excludes halogenated alkanes) is 2.